The topological polar surface area (TPSA) is 6.48 Å². The van der Waals surface area contributed by atoms with Crippen molar-refractivity contribution in [1.29, 1.82) is 0 Å². The number of halogens is 4. The van der Waals surface area contributed by atoms with Gasteiger partial charge in [-0.25, -0.2) is 4.39 Å². The molecule has 1 fully saturated rings. The van der Waals surface area contributed by atoms with E-state index >= 15 is 0 Å². The predicted octanol–water partition coefficient (Wildman–Crippen LogP) is 5.54. The van der Waals surface area contributed by atoms with E-state index in [0.717, 1.165) is 44.2 Å². The Morgan fingerprint density at radius 1 is 1.00 bits per heavy atom. The Balaban J connectivity index is 1.53. The van der Waals surface area contributed by atoms with E-state index in [4.69, 9.17) is 0 Å². The Hall–Kier alpha value is -1.73. The van der Waals surface area contributed by atoms with Gasteiger partial charge in [0, 0.05) is 31.1 Å². The van der Waals surface area contributed by atoms with Crippen molar-refractivity contribution in [2.45, 2.75) is 30.8 Å². The first-order valence-electron chi connectivity index (χ1n) is 9.83. The first-order valence-corrected chi connectivity index (χ1v) is 10.8. The molecule has 0 aromatic heterocycles. The zero-order valence-electron chi connectivity index (χ0n) is 16.5. The zero-order valence-corrected chi connectivity index (χ0v) is 17.3. The highest BCUT2D eigenvalue weighted by Gasteiger charge is 2.28. The average molecular weight is 427 g/mol. The summed E-state index contributed by atoms with van der Waals surface area (Å²) >= 11 is 0.722. The molecule has 2 aromatic rings. The van der Waals surface area contributed by atoms with Gasteiger partial charge in [-0.2, -0.15) is 13.2 Å². The molecule has 29 heavy (non-hydrogen) atoms. The van der Waals surface area contributed by atoms with Gasteiger partial charge in [0.1, 0.15) is 5.82 Å². The first kappa shape index (κ1) is 22.0. The molecule has 1 heterocycles. The van der Waals surface area contributed by atoms with Crippen molar-refractivity contribution >= 4 is 17.4 Å². The minimum absolute atomic E-state index is 0.364. The molecule has 0 spiro atoms. The van der Waals surface area contributed by atoms with Gasteiger partial charge in [0.15, 0.2) is 0 Å². The number of thioether (sulfide) groups is 1. The van der Waals surface area contributed by atoms with Crippen molar-refractivity contribution in [3.8, 4) is 0 Å². The van der Waals surface area contributed by atoms with Crippen molar-refractivity contribution in [1.82, 2.24) is 4.90 Å². The number of rotatable bonds is 7. The molecule has 1 saturated heterocycles. The number of anilines is 1. The summed E-state index contributed by atoms with van der Waals surface area (Å²) in [6.07, 6.45) is -2.13. The fourth-order valence-electron chi connectivity index (χ4n) is 3.56. The number of hydrogen-bond acceptors (Lipinski definition) is 3. The second kappa shape index (κ2) is 9.85. The van der Waals surface area contributed by atoms with Crippen LogP contribution in [0.25, 0.3) is 0 Å². The molecular formula is C22H26F4N2S. The number of aryl methyl sites for hydroxylation is 2. The fraction of sp³-hybridized carbons (Fsp3) is 0.455. The Kier molecular flexibility index (Phi) is 7.46. The summed E-state index contributed by atoms with van der Waals surface area (Å²) in [5, 5.41) is 0. The van der Waals surface area contributed by atoms with Crippen LogP contribution in [0.2, 0.25) is 0 Å². The molecule has 7 heteroatoms. The van der Waals surface area contributed by atoms with Gasteiger partial charge >= 0.3 is 6.18 Å². The lowest BCUT2D eigenvalue weighted by Gasteiger charge is -2.36. The molecule has 0 unspecified atom stereocenters. The largest absolute Gasteiger partial charge is 0.398 e. The number of hydrogen-bond donors (Lipinski definition) is 0. The highest BCUT2D eigenvalue weighted by molar-refractivity contribution is 7.99. The smallest absolute Gasteiger partial charge is 0.367 e. The summed E-state index contributed by atoms with van der Waals surface area (Å²) in [7, 11) is 0. The molecule has 1 aliphatic rings. The van der Waals surface area contributed by atoms with Crippen LogP contribution in [0.3, 0.4) is 0 Å². The van der Waals surface area contributed by atoms with Crippen LogP contribution in [0.1, 0.15) is 17.5 Å². The Bertz CT molecular complexity index is 787. The molecule has 0 amide bonds. The van der Waals surface area contributed by atoms with Gasteiger partial charge in [-0.15, -0.1) is 11.8 Å². The maximum absolute atomic E-state index is 14.5. The molecule has 3 rings (SSSR count). The lowest BCUT2D eigenvalue weighted by molar-refractivity contribution is -0.105. The Labute approximate surface area is 173 Å². The van der Waals surface area contributed by atoms with Gasteiger partial charge < -0.3 is 4.90 Å². The van der Waals surface area contributed by atoms with E-state index < -0.39 is 11.9 Å². The van der Waals surface area contributed by atoms with Gasteiger partial charge in [-0.3, -0.25) is 4.90 Å². The fourth-order valence-corrected chi connectivity index (χ4v) is 4.36. The predicted molar refractivity (Wildman–Crippen MR) is 111 cm³/mol. The van der Waals surface area contributed by atoms with Crippen LogP contribution in [-0.4, -0.2) is 49.6 Å². The normalized spacial score (nSPS) is 15.7. The van der Waals surface area contributed by atoms with Crippen LogP contribution in [0.15, 0.2) is 47.4 Å². The molecule has 0 radical (unpaired) electrons. The van der Waals surface area contributed by atoms with E-state index in [0.29, 0.717) is 29.2 Å². The molecule has 2 nitrogen and oxygen atoms in total. The van der Waals surface area contributed by atoms with Gasteiger partial charge in [0.05, 0.1) is 11.4 Å². The maximum atomic E-state index is 14.5. The van der Waals surface area contributed by atoms with Gasteiger partial charge in [0.25, 0.3) is 0 Å². The average Bonchev–Trinajstić information content (AvgIpc) is 2.68. The van der Waals surface area contributed by atoms with Crippen molar-refractivity contribution in [2.75, 3.05) is 43.4 Å². The van der Waals surface area contributed by atoms with Crippen molar-refractivity contribution in [3.63, 3.8) is 0 Å². The van der Waals surface area contributed by atoms with Gasteiger partial charge in [-0.1, -0.05) is 30.3 Å². The number of benzene rings is 2. The molecule has 0 bridgehead atoms. The van der Waals surface area contributed by atoms with E-state index in [1.807, 2.05) is 23.1 Å². The Morgan fingerprint density at radius 2 is 1.69 bits per heavy atom. The van der Waals surface area contributed by atoms with Crippen LogP contribution in [0.5, 0.6) is 0 Å². The minimum Gasteiger partial charge on any atom is -0.367 e. The highest BCUT2D eigenvalue weighted by atomic mass is 32.2. The van der Waals surface area contributed by atoms with Crippen molar-refractivity contribution in [3.05, 3.63) is 59.4 Å². The maximum Gasteiger partial charge on any atom is 0.398 e. The van der Waals surface area contributed by atoms with Crippen LogP contribution in [-0.2, 0) is 6.42 Å². The number of alkyl halides is 3. The van der Waals surface area contributed by atoms with E-state index in [2.05, 4.69) is 17.0 Å². The van der Waals surface area contributed by atoms with E-state index in [1.165, 1.54) is 11.6 Å². The molecule has 0 N–H and O–H groups in total. The molecule has 0 aliphatic carbocycles. The van der Waals surface area contributed by atoms with Crippen LogP contribution < -0.4 is 4.90 Å². The molecule has 1 aliphatic heterocycles. The molecular weight excluding hydrogens is 400 g/mol. The SMILES string of the molecule is Cc1cc(F)c(N2CCN(CCCc3ccccc3)CC2)cc1SCC(F)(F)F. The molecule has 0 saturated carbocycles. The number of piperazine rings is 1. The third kappa shape index (κ3) is 6.64. The summed E-state index contributed by atoms with van der Waals surface area (Å²) in [5.74, 6) is -1.33. The zero-order chi connectivity index (χ0) is 20.9. The molecule has 158 valence electrons. The van der Waals surface area contributed by atoms with E-state index in [-0.39, 0.29) is 5.82 Å². The van der Waals surface area contributed by atoms with Crippen molar-refractivity contribution in [2.24, 2.45) is 0 Å². The van der Waals surface area contributed by atoms with Gasteiger partial charge in [-0.05, 0) is 49.6 Å². The van der Waals surface area contributed by atoms with Crippen LogP contribution in [0, 0.1) is 12.7 Å². The second-order valence-corrected chi connectivity index (χ2v) is 8.41. The summed E-state index contributed by atoms with van der Waals surface area (Å²) in [6.45, 7) is 5.64. The second-order valence-electron chi connectivity index (χ2n) is 7.39. The summed E-state index contributed by atoms with van der Waals surface area (Å²) in [6, 6.07) is 13.3. The summed E-state index contributed by atoms with van der Waals surface area (Å²) < 4.78 is 52.1. The Morgan fingerprint density at radius 3 is 2.34 bits per heavy atom. The van der Waals surface area contributed by atoms with Crippen molar-refractivity contribution < 1.29 is 17.6 Å². The standard InChI is InChI=1S/C22H26F4N2S/c1-17-14-19(23)20(15-21(17)29-16-22(24,25)26)28-12-10-27(11-13-28)9-5-8-18-6-3-2-4-7-18/h2-4,6-7,14-15H,5,8-13,16H2,1H3. The summed E-state index contributed by atoms with van der Waals surface area (Å²) in [5.41, 5.74) is 2.28. The van der Waals surface area contributed by atoms with Crippen LogP contribution in [0.4, 0.5) is 23.2 Å². The van der Waals surface area contributed by atoms with Crippen LogP contribution >= 0.6 is 11.8 Å². The third-order valence-electron chi connectivity index (χ3n) is 5.13. The highest BCUT2D eigenvalue weighted by Crippen LogP contribution is 2.34. The third-order valence-corrected chi connectivity index (χ3v) is 6.35. The monoisotopic (exact) mass is 426 g/mol. The lowest BCUT2D eigenvalue weighted by Crippen LogP contribution is -2.47. The minimum atomic E-state index is -4.24. The first-order chi connectivity index (χ1) is 13.8. The van der Waals surface area contributed by atoms with E-state index in [1.54, 1.807) is 13.0 Å². The molecule has 2 aromatic carbocycles. The van der Waals surface area contributed by atoms with E-state index in [9.17, 15) is 17.6 Å². The number of nitrogens with zero attached hydrogens (tertiary/aromatic N) is 2. The summed E-state index contributed by atoms with van der Waals surface area (Å²) in [4.78, 5) is 4.80. The lowest BCUT2D eigenvalue weighted by atomic mass is 10.1. The quantitative estimate of drug-likeness (QED) is 0.424. The molecule has 0 atom stereocenters. The van der Waals surface area contributed by atoms with Gasteiger partial charge in [0.2, 0.25) is 0 Å².